The number of anilines is 1. The van der Waals surface area contributed by atoms with Gasteiger partial charge in [-0.2, -0.15) is 0 Å². The fraction of sp³-hybridized carbons (Fsp3) is 0.222. The van der Waals surface area contributed by atoms with Crippen molar-refractivity contribution in [1.82, 2.24) is 10.6 Å². The van der Waals surface area contributed by atoms with E-state index in [2.05, 4.69) is 22.2 Å². The Morgan fingerprint density at radius 2 is 1.69 bits per heavy atom. The molecular formula is C36H37ClN4O3S. The van der Waals surface area contributed by atoms with Crippen molar-refractivity contribution in [3.63, 3.8) is 0 Å². The quantitative estimate of drug-likeness (QED) is 0.199. The minimum absolute atomic E-state index is 0. The zero-order chi connectivity index (χ0) is 30.7. The Bertz CT molecular complexity index is 1820. The van der Waals surface area contributed by atoms with Crippen LogP contribution < -0.4 is 14.9 Å². The molecular weight excluding hydrogens is 604 g/mol. The first-order valence-corrected chi connectivity index (χ1v) is 16.4. The minimum Gasteiger partial charge on any atom is -0.368 e. The standard InChI is InChI=1S/C36H36N4O3S.ClH/c1-3-34(27-16-12-25(2)13-17-27)44(42,43)40-32-11-7-6-9-30(32)29-8-4-5-10-31(29)33(40)24-35(41)37-21-20-26-14-18-28(19-15-26)36-38-22-23-39-36;/h3-19,33-34H,1,20-24H2,2H3,(H,37,41)(H,38,39);1H. The van der Waals surface area contributed by atoms with Crippen molar-refractivity contribution in [2.75, 3.05) is 23.9 Å². The summed E-state index contributed by atoms with van der Waals surface area (Å²) in [6.45, 7) is 7.96. The maximum atomic E-state index is 14.6. The lowest BCUT2D eigenvalue weighted by Gasteiger charge is -2.40. The molecule has 2 atom stereocenters. The molecule has 232 valence electrons. The highest BCUT2D eigenvalue weighted by Gasteiger charge is 2.42. The van der Waals surface area contributed by atoms with Gasteiger partial charge in [0.05, 0.1) is 24.7 Å². The average Bonchev–Trinajstić information content (AvgIpc) is 3.58. The molecule has 6 rings (SSSR count). The number of hydrogen-bond donors (Lipinski definition) is 2. The summed E-state index contributed by atoms with van der Waals surface area (Å²) in [6.07, 6.45) is 2.11. The molecule has 2 aliphatic heterocycles. The van der Waals surface area contributed by atoms with Crippen LogP contribution in [0.25, 0.3) is 11.1 Å². The number of amidine groups is 1. The molecule has 7 nitrogen and oxygen atoms in total. The van der Waals surface area contributed by atoms with Gasteiger partial charge in [0.15, 0.2) is 0 Å². The first-order valence-electron chi connectivity index (χ1n) is 14.9. The van der Waals surface area contributed by atoms with E-state index in [0.717, 1.165) is 52.3 Å². The van der Waals surface area contributed by atoms with E-state index in [-0.39, 0.29) is 24.7 Å². The van der Waals surface area contributed by atoms with Crippen LogP contribution in [0.3, 0.4) is 0 Å². The molecule has 2 aliphatic rings. The first-order chi connectivity index (χ1) is 21.4. The van der Waals surface area contributed by atoms with Crippen LogP contribution in [0.2, 0.25) is 0 Å². The summed E-state index contributed by atoms with van der Waals surface area (Å²) in [4.78, 5) is 18.0. The Balaban J connectivity index is 0.00000400. The molecule has 9 heteroatoms. The van der Waals surface area contributed by atoms with Crippen LogP contribution in [0.5, 0.6) is 0 Å². The van der Waals surface area contributed by atoms with Crippen molar-refractivity contribution < 1.29 is 13.2 Å². The number of hydrogen-bond acceptors (Lipinski definition) is 5. The maximum Gasteiger partial charge on any atom is 0.246 e. The molecule has 1 amide bonds. The third kappa shape index (κ3) is 6.53. The van der Waals surface area contributed by atoms with Gasteiger partial charge in [-0.1, -0.05) is 103 Å². The molecule has 0 saturated heterocycles. The number of para-hydroxylation sites is 1. The van der Waals surface area contributed by atoms with Gasteiger partial charge in [-0.05, 0) is 41.7 Å². The van der Waals surface area contributed by atoms with Gasteiger partial charge in [0, 0.05) is 24.2 Å². The highest BCUT2D eigenvalue weighted by Crippen LogP contribution is 2.49. The number of amides is 1. The summed E-state index contributed by atoms with van der Waals surface area (Å²) in [5, 5.41) is 5.33. The number of nitrogens with zero attached hydrogens (tertiary/aromatic N) is 2. The lowest BCUT2D eigenvalue weighted by molar-refractivity contribution is -0.121. The van der Waals surface area contributed by atoms with Crippen molar-refractivity contribution in [3.05, 3.63) is 138 Å². The third-order valence-electron chi connectivity index (χ3n) is 8.27. The van der Waals surface area contributed by atoms with E-state index >= 15 is 0 Å². The second-order valence-electron chi connectivity index (χ2n) is 11.2. The fourth-order valence-corrected chi connectivity index (χ4v) is 8.02. The number of fused-ring (bicyclic) bond motifs is 3. The Labute approximate surface area is 271 Å². The first kappa shape index (κ1) is 32.0. The summed E-state index contributed by atoms with van der Waals surface area (Å²) in [5.74, 6) is 0.704. The molecule has 2 N–H and O–H groups in total. The van der Waals surface area contributed by atoms with Gasteiger partial charge in [0.2, 0.25) is 15.9 Å². The van der Waals surface area contributed by atoms with Crippen LogP contribution >= 0.6 is 12.4 Å². The molecule has 0 bridgehead atoms. The largest absolute Gasteiger partial charge is 0.368 e. The number of sulfonamides is 1. The van der Waals surface area contributed by atoms with Crippen LogP contribution in [0.4, 0.5) is 5.69 Å². The van der Waals surface area contributed by atoms with Gasteiger partial charge in [0.25, 0.3) is 0 Å². The number of nitrogens with one attached hydrogen (secondary N) is 2. The Hall–Kier alpha value is -4.40. The SMILES string of the molecule is C=CC(c1ccc(C)cc1)S(=O)(=O)N1c2ccccc2-c2ccccc2C1CC(=O)NCCc1ccc(C2=NCCN2)cc1.Cl. The van der Waals surface area contributed by atoms with E-state index in [1.807, 2.05) is 104 Å². The van der Waals surface area contributed by atoms with Crippen molar-refractivity contribution in [2.24, 2.45) is 4.99 Å². The fourth-order valence-electron chi connectivity index (χ4n) is 6.05. The van der Waals surface area contributed by atoms with Crippen LogP contribution in [-0.2, 0) is 21.2 Å². The number of carbonyl (C=O) groups excluding carboxylic acids is 1. The second-order valence-corrected chi connectivity index (χ2v) is 13.1. The molecule has 0 saturated carbocycles. The minimum atomic E-state index is -4.05. The molecule has 4 aromatic rings. The van der Waals surface area contributed by atoms with Gasteiger partial charge in [-0.25, -0.2) is 8.42 Å². The third-order valence-corrected chi connectivity index (χ3v) is 10.4. The van der Waals surface area contributed by atoms with Crippen LogP contribution in [0.15, 0.2) is 115 Å². The zero-order valence-corrected chi connectivity index (χ0v) is 26.8. The number of aryl methyl sites for hydroxylation is 1. The van der Waals surface area contributed by atoms with Crippen molar-refractivity contribution >= 4 is 39.9 Å². The molecule has 2 heterocycles. The lowest BCUT2D eigenvalue weighted by atomic mass is 9.88. The van der Waals surface area contributed by atoms with E-state index in [0.29, 0.717) is 24.2 Å². The number of halogens is 1. The van der Waals surface area contributed by atoms with Crippen LogP contribution in [0.1, 0.15) is 45.5 Å². The predicted octanol–water partition coefficient (Wildman–Crippen LogP) is 6.30. The van der Waals surface area contributed by atoms with Crippen molar-refractivity contribution in [3.8, 4) is 11.1 Å². The Morgan fingerprint density at radius 1 is 1.00 bits per heavy atom. The van der Waals surface area contributed by atoms with Crippen molar-refractivity contribution in [1.29, 1.82) is 0 Å². The normalized spacial score (nSPS) is 15.9. The number of benzene rings is 4. The lowest BCUT2D eigenvalue weighted by Crippen LogP contribution is -2.42. The summed E-state index contributed by atoms with van der Waals surface area (Å²) in [7, 11) is -4.05. The summed E-state index contributed by atoms with van der Waals surface area (Å²) < 4.78 is 30.7. The smallest absolute Gasteiger partial charge is 0.246 e. The number of aliphatic imine (C=N–C) groups is 1. The molecule has 2 unspecified atom stereocenters. The summed E-state index contributed by atoms with van der Waals surface area (Å²) >= 11 is 0. The van der Waals surface area contributed by atoms with E-state index in [1.165, 1.54) is 10.4 Å². The molecule has 0 aromatic heterocycles. The van der Waals surface area contributed by atoms with Gasteiger partial charge in [-0.15, -0.1) is 19.0 Å². The van der Waals surface area contributed by atoms with Crippen molar-refractivity contribution in [2.45, 2.75) is 31.1 Å². The summed E-state index contributed by atoms with van der Waals surface area (Å²) in [6, 6.07) is 30.2. The summed E-state index contributed by atoms with van der Waals surface area (Å²) in [5.41, 5.74) is 6.93. The van der Waals surface area contributed by atoms with Gasteiger partial charge >= 0.3 is 0 Å². The maximum absolute atomic E-state index is 14.6. The highest BCUT2D eigenvalue weighted by atomic mass is 35.5. The highest BCUT2D eigenvalue weighted by molar-refractivity contribution is 7.93. The van der Waals surface area contributed by atoms with E-state index < -0.39 is 21.3 Å². The molecule has 0 fully saturated rings. The topological polar surface area (TPSA) is 90.9 Å². The predicted molar refractivity (Wildman–Crippen MR) is 185 cm³/mol. The van der Waals surface area contributed by atoms with Gasteiger partial charge < -0.3 is 10.6 Å². The molecule has 45 heavy (non-hydrogen) atoms. The zero-order valence-electron chi connectivity index (χ0n) is 25.1. The monoisotopic (exact) mass is 640 g/mol. The average molecular weight is 641 g/mol. The molecule has 0 radical (unpaired) electrons. The van der Waals surface area contributed by atoms with Crippen LogP contribution in [-0.4, -0.2) is 39.8 Å². The molecule has 0 aliphatic carbocycles. The Kier molecular flexibility index (Phi) is 9.75. The molecule has 4 aromatic carbocycles. The van der Waals surface area contributed by atoms with Gasteiger partial charge in [-0.3, -0.25) is 14.1 Å². The van der Waals surface area contributed by atoms with Crippen LogP contribution in [0, 0.1) is 6.92 Å². The van der Waals surface area contributed by atoms with Gasteiger partial charge in [0.1, 0.15) is 11.1 Å². The number of rotatable bonds is 10. The van der Waals surface area contributed by atoms with E-state index in [4.69, 9.17) is 0 Å². The van der Waals surface area contributed by atoms with E-state index in [1.54, 1.807) is 0 Å². The second kappa shape index (κ2) is 13.7. The van der Waals surface area contributed by atoms with E-state index in [9.17, 15) is 13.2 Å². The Morgan fingerprint density at radius 3 is 2.38 bits per heavy atom. The molecule has 0 spiro atoms. The number of carbonyl (C=O) groups is 1.